The second-order valence-electron chi connectivity index (χ2n) is 6.17. The van der Waals surface area contributed by atoms with Gasteiger partial charge in [-0.3, -0.25) is 0 Å². The van der Waals surface area contributed by atoms with Gasteiger partial charge in [-0.15, -0.1) is 0 Å². The zero-order chi connectivity index (χ0) is 13.9. The van der Waals surface area contributed by atoms with E-state index in [0.717, 1.165) is 0 Å². The van der Waals surface area contributed by atoms with Gasteiger partial charge in [0.2, 0.25) is 0 Å². The Morgan fingerprint density at radius 2 is 1.62 bits per heavy atom. The molecule has 0 aliphatic heterocycles. The smallest absolute Gasteiger partial charge is 0.0397 e. The van der Waals surface area contributed by atoms with E-state index in [2.05, 4.69) is 72.8 Å². The molecule has 0 aromatic heterocycles. The maximum Gasteiger partial charge on any atom is 0.0397 e. The maximum absolute atomic E-state index is 2.44. The van der Waals surface area contributed by atoms with Gasteiger partial charge in [0.05, 0.1) is 0 Å². The van der Waals surface area contributed by atoms with Gasteiger partial charge in [-0.1, -0.05) is 72.8 Å². The fourth-order valence-corrected chi connectivity index (χ4v) is 4.30. The summed E-state index contributed by atoms with van der Waals surface area (Å²) >= 11 is 0. The van der Waals surface area contributed by atoms with Crippen LogP contribution in [0.2, 0.25) is 0 Å². The molecule has 2 aliphatic carbocycles. The van der Waals surface area contributed by atoms with Crippen molar-refractivity contribution in [3.05, 3.63) is 83.9 Å². The van der Waals surface area contributed by atoms with E-state index in [1.165, 1.54) is 45.9 Å². The lowest BCUT2D eigenvalue weighted by Crippen LogP contribution is -2.19. The highest BCUT2D eigenvalue weighted by molar-refractivity contribution is 6.02. The van der Waals surface area contributed by atoms with E-state index in [4.69, 9.17) is 0 Å². The number of hydrogen-bond donors (Lipinski definition) is 0. The SMILES string of the molecule is C1=CC2(CC1)c1ccccc1-c1c2ccc2ccccc12. The van der Waals surface area contributed by atoms with Crippen LogP contribution in [-0.2, 0) is 5.41 Å². The summed E-state index contributed by atoms with van der Waals surface area (Å²) in [4.78, 5) is 0. The molecule has 3 aromatic carbocycles. The predicted molar refractivity (Wildman–Crippen MR) is 88.5 cm³/mol. The van der Waals surface area contributed by atoms with Crippen LogP contribution in [0.1, 0.15) is 24.0 Å². The molecule has 0 bridgehead atoms. The lowest BCUT2D eigenvalue weighted by molar-refractivity contribution is 0.640. The number of hydrogen-bond acceptors (Lipinski definition) is 0. The van der Waals surface area contributed by atoms with Gasteiger partial charge >= 0.3 is 0 Å². The Kier molecular flexibility index (Phi) is 2.08. The molecule has 0 fully saturated rings. The van der Waals surface area contributed by atoms with Crippen LogP contribution in [0.15, 0.2) is 72.8 Å². The Bertz CT molecular complexity index is 901. The summed E-state index contributed by atoms with van der Waals surface area (Å²) in [6, 6.07) is 22.4. The minimum absolute atomic E-state index is 0.121. The molecule has 21 heavy (non-hydrogen) atoms. The number of allylic oxidation sites excluding steroid dienone is 2. The summed E-state index contributed by atoms with van der Waals surface area (Å²) in [5.41, 5.74) is 5.99. The second kappa shape index (κ2) is 3.85. The van der Waals surface area contributed by atoms with Crippen molar-refractivity contribution in [3.63, 3.8) is 0 Å². The third kappa shape index (κ3) is 1.30. The molecule has 0 saturated carbocycles. The number of fused-ring (bicyclic) bond motifs is 7. The van der Waals surface area contributed by atoms with E-state index in [1.54, 1.807) is 0 Å². The average Bonchev–Trinajstić information content (AvgIpc) is 3.14. The van der Waals surface area contributed by atoms with Gasteiger partial charge in [-0.05, 0) is 45.9 Å². The van der Waals surface area contributed by atoms with Crippen molar-refractivity contribution in [2.75, 3.05) is 0 Å². The maximum atomic E-state index is 2.44. The quantitative estimate of drug-likeness (QED) is 0.475. The molecular formula is C21H16. The van der Waals surface area contributed by atoms with Crippen molar-refractivity contribution in [1.82, 2.24) is 0 Å². The average molecular weight is 268 g/mol. The highest BCUT2D eigenvalue weighted by atomic mass is 14.4. The lowest BCUT2D eigenvalue weighted by Gasteiger charge is -2.24. The van der Waals surface area contributed by atoms with E-state index in [9.17, 15) is 0 Å². The Morgan fingerprint density at radius 1 is 0.762 bits per heavy atom. The van der Waals surface area contributed by atoms with Gasteiger partial charge in [0.15, 0.2) is 0 Å². The zero-order valence-electron chi connectivity index (χ0n) is 11.8. The summed E-state index contributed by atoms with van der Waals surface area (Å²) in [6.07, 6.45) is 7.17. The summed E-state index contributed by atoms with van der Waals surface area (Å²) in [7, 11) is 0. The second-order valence-corrected chi connectivity index (χ2v) is 6.17. The normalized spacial score (nSPS) is 21.9. The zero-order valence-corrected chi connectivity index (χ0v) is 11.8. The summed E-state index contributed by atoms with van der Waals surface area (Å²) in [5.74, 6) is 0. The first-order valence-electron chi connectivity index (χ1n) is 7.70. The molecule has 0 radical (unpaired) electrons. The third-order valence-electron chi connectivity index (χ3n) is 5.19. The van der Waals surface area contributed by atoms with Crippen LogP contribution in [0.3, 0.4) is 0 Å². The lowest BCUT2D eigenvalue weighted by atomic mass is 9.77. The molecule has 1 spiro atoms. The van der Waals surface area contributed by atoms with E-state index in [-0.39, 0.29) is 5.41 Å². The monoisotopic (exact) mass is 268 g/mol. The Labute approximate surface area is 124 Å². The Morgan fingerprint density at radius 3 is 2.52 bits per heavy atom. The van der Waals surface area contributed by atoms with Gasteiger partial charge in [0.25, 0.3) is 0 Å². The van der Waals surface area contributed by atoms with E-state index in [0.29, 0.717) is 0 Å². The van der Waals surface area contributed by atoms with Crippen molar-refractivity contribution < 1.29 is 0 Å². The van der Waals surface area contributed by atoms with Crippen molar-refractivity contribution in [2.45, 2.75) is 18.3 Å². The number of rotatable bonds is 0. The van der Waals surface area contributed by atoms with E-state index in [1.807, 2.05) is 0 Å². The first-order valence-corrected chi connectivity index (χ1v) is 7.70. The fourth-order valence-electron chi connectivity index (χ4n) is 4.30. The van der Waals surface area contributed by atoms with E-state index < -0.39 is 0 Å². The van der Waals surface area contributed by atoms with Gasteiger partial charge in [-0.25, -0.2) is 0 Å². The van der Waals surface area contributed by atoms with Gasteiger partial charge < -0.3 is 0 Å². The largest absolute Gasteiger partial charge is 0.0873 e. The molecule has 0 amide bonds. The third-order valence-corrected chi connectivity index (χ3v) is 5.19. The fraction of sp³-hybridized carbons (Fsp3) is 0.143. The van der Waals surface area contributed by atoms with Crippen LogP contribution in [0.4, 0.5) is 0 Å². The summed E-state index contributed by atoms with van der Waals surface area (Å²) in [6.45, 7) is 0. The Hall–Kier alpha value is -2.34. The molecule has 2 aliphatic rings. The molecule has 0 heteroatoms. The van der Waals surface area contributed by atoms with Gasteiger partial charge in [-0.2, -0.15) is 0 Å². The van der Waals surface area contributed by atoms with Gasteiger partial charge in [0.1, 0.15) is 0 Å². The molecule has 1 atom stereocenters. The molecule has 0 heterocycles. The summed E-state index contributed by atoms with van der Waals surface area (Å²) < 4.78 is 0. The summed E-state index contributed by atoms with van der Waals surface area (Å²) in [5, 5.41) is 2.73. The van der Waals surface area contributed by atoms with Crippen LogP contribution in [-0.4, -0.2) is 0 Å². The standard InChI is InChI=1S/C21H16/c1-2-8-16-15(7-1)11-12-19-20(16)17-9-3-4-10-18(17)21(19)13-5-6-14-21/h1-5,7-13H,6,14H2. The van der Waals surface area contributed by atoms with Crippen molar-refractivity contribution in [1.29, 1.82) is 0 Å². The minimum Gasteiger partial charge on any atom is -0.0873 e. The van der Waals surface area contributed by atoms with Crippen LogP contribution in [0.25, 0.3) is 21.9 Å². The van der Waals surface area contributed by atoms with Crippen LogP contribution in [0, 0.1) is 0 Å². The van der Waals surface area contributed by atoms with Crippen LogP contribution >= 0.6 is 0 Å². The van der Waals surface area contributed by atoms with Crippen LogP contribution < -0.4 is 0 Å². The van der Waals surface area contributed by atoms with Crippen molar-refractivity contribution in [2.24, 2.45) is 0 Å². The van der Waals surface area contributed by atoms with Crippen LogP contribution in [0.5, 0.6) is 0 Å². The molecule has 5 rings (SSSR count). The highest BCUT2D eigenvalue weighted by Crippen LogP contribution is 2.55. The molecule has 3 aromatic rings. The molecule has 0 N–H and O–H groups in total. The van der Waals surface area contributed by atoms with Crippen molar-refractivity contribution >= 4 is 10.8 Å². The highest BCUT2D eigenvalue weighted by Gasteiger charge is 2.42. The molecule has 100 valence electrons. The van der Waals surface area contributed by atoms with Gasteiger partial charge in [0, 0.05) is 5.41 Å². The Balaban J connectivity index is 1.99. The topological polar surface area (TPSA) is 0 Å². The molecular weight excluding hydrogens is 252 g/mol. The first kappa shape index (κ1) is 11.3. The molecule has 0 saturated heterocycles. The first-order chi connectivity index (χ1) is 10.4. The number of benzene rings is 3. The van der Waals surface area contributed by atoms with E-state index >= 15 is 0 Å². The van der Waals surface area contributed by atoms with Crippen molar-refractivity contribution in [3.8, 4) is 11.1 Å². The predicted octanol–water partition coefficient (Wildman–Crippen LogP) is 5.46. The molecule has 0 nitrogen and oxygen atoms in total. The molecule has 1 unspecified atom stereocenters. The minimum atomic E-state index is 0.121.